The third-order valence-corrected chi connectivity index (χ3v) is 4.01. The van der Waals surface area contributed by atoms with Crippen LogP contribution in [0.1, 0.15) is 26.7 Å². The lowest BCUT2D eigenvalue weighted by Gasteiger charge is -2.35. The van der Waals surface area contributed by atoms with Gasteiger partial charge in [-0.2, -0.15) is 11.8 Å². The Bertz CT molecular complexity index is 315. The second-order valence-electron chi connectivity index (χ2n) is 5.47. The van der Waals surface area contributed by atoms with Crippen LogP contribution in [0.3, 0.4) is 0 Å². The molecule has 1 fully saturated rings. The van der Waals surface area contributed by atoms with Gasteiger partial charge in [0.25, 0.3) is 0 Å². The van der Waals surface area contributed by atoms with Gasteiger partial charge in [0.05, 0.1) is 0 Å². The van der Waals surface area contributed by atoms with Crippen molar-refractivity contribution >= 4 is 23.8 Å². The van der Waals surface area contributed by atoms with Gasteiger partial charge in [-0.05, 0) is 36.7 Å². The largest absolute Gasteiger partial charge is 0.480 e. The monoisotopic (exact) mass is 288 g/mol. The van der Waals surface area contributed by atoms with Crippen molar-refractivity contribution in [1.29, 1.82) is 0 Å². The number of piperidine rings is 1. The molecule has 0 saturated carbocycles. The van der Waals surface area contributed by atoms with Gasteiger partial charge in [0.15, 0.2) is 0 Å². The minimum Gasteiger partial charge on any atom is -0.480 e. The summed E-state index contributed by atoms with van der Waals surface area (Å²) in [6.45, 7) is 5.67. The summed E-state index contributed by atoms with van der Waals surface area (Å²) in [5, 5.41) is 11.7. The number of carbonyl (C=O) groups excluding carboxylic acids is 1. The molecule has 1 heterocycles. The van der Waals surface area contributed by atoms with Gasteiger partial charge in [-0.15, -0.1) is 0 Å². The number of hydrogen-bond acceptors (Lipinski definition) is 3. The summed E-state index contributed by atoms with van der Waals surface area (Å²) in [6, 6.07) is -1.03. The summed E-state index contributed by atoms with van der Waals surface area (Å²) < 4.78 is 0. The molecule has 2 amide bonds. The minimum absolute atomic E-state index is 0.244. The lowest BCUT2D eigenvalue weighted by Crippen LogP contribution is -2.52. The number of amides is 2. The van der Waals surface area contributed by atoms with Crippen molar-refractivity contribution in [3.63, 3.8) is 0 Å². The molecule has 0 radical (unpaired) electrons. The molecule has 0 unspecified atom stereocenters. The molecule has 1 aliphatic rings. The minimum atomic E-state index is -0.958. The van der Waals surface area contributed by atoms with Gasteiger partial charge in [-0.1, -0.05) is 13.8 Å². The molecule has 2 N–H and O–H groups in total. The van der Waals surface area contributed by atoms with E-state index in [0.717, 1.165) is 12.2 Å². The predicted octanol–water partition coefficient (Wildman–Crippen LogP) is 1.88. The van der Waals surface area contributed by atoms with Crippen molar-refractivity contribution in [2.24, 2.45) is 11.8 Å². The SMILES string of the molecule is CSCC[C@@H](NC(=O)N1C[C@H](C)C[C@H](C)C1)C(=O)O. The molecular weight excluding hydrogens is 264 g/mol. The fourth-order valence-corrected chi connectivity index (χ4v) is 3.03. The maximum atomic E-state index is 12.1. The fourth-order valence-electron chi connectivity index (χ4n) is 2.56. The van der Waals surface area contributed by atoms with Gasteiger partial charge in [0.2, 0.25) is 0 Å². The summed E-state index contributed by atoms with van der Waals surface area (Å²) in [5.74, 6) is 0.720. The highest BCUT2D eigenvalue weighted by molar-refractivity contribution is 7.98. The summed E-state index contributed by atoms with van der Waals surface area (Å²) >= 11 is 1.58. The zero-order chi connectivity index (χ0) is 14.4. The van der Waals surface area contributed by atoms with Crippen LogP contribution in [0.2, 0.25) is 0 Å². The zero-order valence-electron chi connectivity index (χ0n) is 11.9. The van der Waals surface area contributed by atoms with Gasteiger partial charge in [-0.25, -0.2) is 9.59 Å². The molecule has 5 nitrogen and oxygen atoms in total. The zero-order valence-corrected chi connectivity index (χ0v) is 12.7. The van der Waals surface area contributed by atoms with Crippen molar-refractivity contribution in [2.45, 2.75) is 32.7 Å². The number of nitrogens with zero attached hydrogens (tertiary/aromatic N) is 1. The Kier molecular flexibility index (Phi) is 6.48. The van der Waals surface area contributed by atoms with Crippen molar-refractivity contribution in [3.05, 3.63) is 0 Å². The smallest absolute Gasteiger partial charge is 0.326 e. The van der Waals surface area contributed by atoms with Crippen LogP contribution in [0.15, 0.2) is 0 Å². The fraction of sp³-hybridized carbons (Fsp3) is 0.846. The van der Waals surface area contributed by atoms with E-state index < -0.39 is 12.0 Å². The molecule has 110 valence electrons. The number of carboxylic acids is 1. The first-order valence-corrected chi connectivity index (χ1v) is 8.10. The first-order valence-electron chi connectivity index (χ1n) is 6.71. The van der Waals surface area contributed by atoms with Crippen LogP contribution >= 0.6 is 11.8 Å². The Balaban J connectivity index is 2.53. The number of rotatable bonds is 5. The van der Waals surface area contributed by atoms with Gasteiger partial charge < -0.3 is 15.3 Å². The quantitative estimate of drug-likeness (QED) is 0.810. The van der Waals surface area contributed by atoms with Crippen molar-refractivity contribution < 1.29 is 14.7 Å². The average molecular weight is 288 g/mol. The van der Waals surface area contributed by atoms with Gasteiger partial charge in [-0.3, -0.25) is 0 Å². The third kappa shape index (κ3) is 5.30. The third-order valence-electron chi connectivity index (χ3n) is 3.36. The van der Waals surface area contributed by atoms with E-state index in [-0.39, 0.29) is 6.03 Å². The van der Waals surface area contributed by atoms with Gasteiger partial charge in [0.1, 0.15) is 6.04 Å². The highest BCUT2D eigenvalue weighted by atomic mass is 32.2. The molecule has 3 atom stereocenters. The van der Waals surface area contributed by atoms with Crippen LogP contribution in [0.25, 0.3) is 0 Å². The number of nitrogens with one attached hydrogen (secondary N) is 1. The van der Waals surface area contributed by atoms with E-state index in [9.17, 15) is 9.59 Å². The van der Waals surface area contributed by atoms with Crippen LogP contribution in [0, 0.1) is 11.8 Å². The van der Waals surface area contributed by atoms with Crippen molar-refractivity contribution in [1.82, 2.24) is 10.2 Å². The molecule has 0 spiro atoms. The van der Waals surface area contributed by atoms with E-state index in [2.05, 4.69) is 19.2 Å². The Morgan fingerprint density at radius 2 is 1.95 bits per heavy atom. The number of aliphatic carboxylic acids is 1. The van der Waals surface area contributed by atoms with Crippen LogP contribution in [-0.4, -0.2) is 53.1 Å². The predicted molar refractivity (Wildman–Crippen MR) is 77.5 cm³/mol. The Morgan fingerprint density at radius 3 is 2.42 bits per heavy atom. The normalized spacial score (nSPS) is 24.9. The maximum Gasteiger partial charge on any atom is 0.326 e. The second kappa shape index (κ2) is 7.62. The van der Waals surface area contributed by atoms with E-state index in [0.29, 0.717) is 31.3 Å². The number of likely N-dealkylation sites (tertiary alicyclic amines) is 1. The Hall–Kier alpha value is -0.910. The first-order chi connectivity index (χ1) is 8.93. The summed E-state index contributed by atoms with van der Waals surface area (Å²) in [5.41, 5.74) is 0. The number of carbonyl (C=O) groups is 2. The molecule has 0 aromatic carbocycles. The second-order valence-corrected chi connectivity index (χ2v) is 6.46. The van der Waals surface area contributed by atoms with Crippen LogP contribution in [0.5, 0.6) is 0 Å². The lowest BCUT2D eigenvalue weighted by atomic mass is 9.92. The highest BCUT2D eigenvalue weighted by Crippen LogP contribution is 2.20. The van der Waals surface area contributed by atoms with Gasteiger partial charge >= 0.3 is 12.0 Å². The molecule has 0 aliphatic carbocycles. The van der Waals surface area contributed by atoms with E-state index in [4.69, 9.17) is 5.11 Å². The standard InChI is InChI=1S/C13H24N2O3S/c1-9-6-10(2)8-15(7-9)13(18)14-11(12(16)17)4-5-19-3/h9-11H,4-8H2,1-3H3,(H,14,18)(H,16,17)/t9-,10+,11-/m1/s1. The topological polar surface area (TPSA) is 69.6 Å². The van der Waals surface area contributed by atoms with E-state index >= 15 is 0 Å². The molecule has 0 aromatic rings. The summed E-state index contributed by atoms with van der Waals surface area (Å²) in [4.78, 5) is 25.0. The molecule has 1 rings (SSSR count). The van der Waals surface area contributed by atoms with E-state index in [1.54, 1.807) is 16.7 Å². The van der Waals surface area contributed by atoms with Crippen LogP contribution in [0.4, 0.5) is 4.79 Å². The maximum absolute atomic E-state index is 12.1. The van der Waals surface area contributed by atoms with Crippen LogP contribution in [-0.2, 0) is 4.79 Å². The van der Waals surface area contributed by atoms with Crippen molar-refractivity contribution in [3.8, 4) is 0 Å². The molecule has 6 heteroatoms. The lowest BCUT2D eigenvalue weighted by molar-refractivity contribution is -0.139. The summed E-state index contributed by atoms with van der Waals surface area (Å²) in [7, 11) is 0. The molecule has 0 aromatic heterocycles. The average Bonchev–Trinajstić information content (AvgIpc) is 2.32. The van der Waals surface area contributed by atoms with E-state index in [1.807, 2.05) is 6.26 Å². The first kappa shape index (κ1) is 16.1. The molecule has 19 heavy (non-hydrogen) atoms. The Morgan fingerprint density at radius 1 is 1.37 bits per heavy atom. The number of urea groups is 1. The molecule has 1 saturated heterocycles. The number of hydrogen-bond donors (Lipinski definition) is 2. The number of carboxylic acid groups (broad SMARTS) is 1. The highest BCUT2D eigenvalue weighted by Gasteiger charge is 2.28. The summed E-state index contributed by atoms with van der Waals surface area (Å²) in [6.07, 6.45) is 3.51. The van der Waals surface area contributed by atoms with E-state index in [1.165, 1.54) is 0 Å². The Labute approximate surface area is 119 Å². The van der Waals surface area contributed by atoms with Crippen molar-refractivity contribution in [2.75, 3.05) is 25.1 Å². The van der Waals surface area contributed by atoms with Gasteiger partial charge in [0, 0.05) is 13.1 Å². The number of thioether (sulfide) groups is 1. The molecular formula is C13H24N2O3S. The molecule has 0 bridgehead atoms. The van der Waals surface area contributed by atoms with Crippen LogP contribution < -0.4 is 5.32 Å². The molecule has 1 aliphatic heterocycles.